The van der Waals surface area contributed by atoms with Gasteiger partial charge < -0.3 is 10.2 Å². The Bertz CT molecular complexity index is 1010. The summed E-state index contributed by atoms with van der Waals surface area (Å²) >= 11 is 0. The molecule has 5 heteroatoms. The number of halogens is 1. The first-order valence-electron chi connectivity index (χ1n) is 10.3. The van der Waals surface area contributed by atoms with Crippen LogP contribution in [0.1, 0.15) is 31.4 Å². The van der Waals surface area contributed by atoms with E-state index in [1.54, 1.807) is 24.0 Å². The first-order chi connectivity index (χ1) is 14.5. The van der Waals surface area contributed by atoms with Crippen LogP contribution in [-0.2, 0) is 22.6 Å². The summed E-state index contributed by atoms with van der Waals surface area (Å²) in [5, 5.41) is 5.05. The van der Waals surface area contributed by atoms with E-state index in [-0.39, 0.29) is 24.2 Å². The number of hydrogen-bond acceptors (Lipinski definition) is 2. The van der Waals surface area contributed by atoms with Crippen molar-refractivity contribution in [3.63, 3.8) is 0 Å². The van der Waals surface area contributed by atoms with Crippen molar-refractivity contribution in [3.05, 3.63) is 83.7 Å². The molecule has 156 valence electrons. The third kappa shape index (κ3) is 5.23. The molecule has 4 nitrogen and oxygen atoms in total. The maximum absolute atomic E-state index is 13.3. The van der Waals surface area contributed by atoms with E-state index in [1.165, 1.54) is 12.1 Å². The third-order valence-corrected chi connectivity index (χ3v) is 5.27. The Labute approximate surface area is 176 Å². The second-order valence-electron chi connectivity index (χ2n) is 7.36. The van der Waals surface area contributed by atoms with Crippen molar-refractivity contribution in [3.8, 4) is 0 Å². The second-order valence-corrected chi connectivity index (χ2v) is 7.36. The highest BCUT2D eigenvalue weighted by Gasteiger charge is 2.25. The predicted octanol–water partition coefficient (Wildman–Crippen LogP) is 4.46. The Balaban J connectivity index is 1.78. The minimum absolute atomic E-state index is 0.106. The summed E-state index contributed by atoms with van der Waals surface area (Å²) in [5.41, 5.74) is 1.89. The SMILES string of the molecule is CCNC(=O)[C@@H](C)N(Cc1ccc(F)cc1)C(=O)CCc1cccc2ccccc12. The van der Waals surface area contributed by atoms with Crippen LogP contribution in [0.5, 0.6) is 0 Å². The summed E-state index contributed by atoms with van der Waals surface area (Å²) in [5.74, 6) is -0.631. The van der Waals surface area contributed by atoms with Crippen LogP contribution in [0.2, 0.25) is 0 Å². The van der Waals surface area contributed by atoms with Gasteiger partial charge in [-0.3, -0.25) is 9.59 Å². The number of fused-ring (bicyclic) bond motifs is 1. The van der Waals surface area contributed by atoms with Gasteiger partial charge in [-0.25, -0.2) is 4.39 Å². The molecule has 0 aliphatic rings. The molecule has 0 radical (unpaired) electrons. The minimum Gasteiger partial charge on any atom is -0.355 e. The van der Waals surface area contributed by atoms with Crippen LogP contribution in [0.3, 0.4) is 0 Å². The highest BCUT2D eigenvalue weighted by Crippen LogP contribution is 2.21. The maximum atomic E-state index is 13.3. The third-order valence-electron chi connectivity index (χ3n) is 5.27. The van der Waals surface area contributed by atoms with Gasteiger partial charge in [-0.1, -0.05) is 54.6 Å². The Morgan fingerprint density at radius 1 is 1.00 bits per heavy atom. The van der Waals surface area contributed by atoms with Gasteiger partial charge in [0.15, 0.2) is 0 Å². The van der Waals surface area contributed by atoms with Crippen molar-refractivity contribution >= 4 is 22.6 Å². The van der Waals surface area contributed by atoms with Gasteiger partial charge in [0, 0.05) is 19.5 Å². The zero-order valence-corrected chi connectivity index (χ0v) is 17.4. The van der Waals surface area contributed by atoms with Crippen molar-refractivity contribution in [1.82, 2.24) is 10.2 Å². The molecule has 0 heterocycles. The van der Waals surface area contributed by atoms with Gasteiger partial charge in [-0.05, 0) is 54.3 Å². The topological polar surface area (TPSA) is 49.4 Å². The quantitative estimate of drug-likeness (QED) is 0.600. The largest absolute Gasteiger partial charge is 0.355 e. The number of nitrogens with one attached hydrogen (secondary N) is 1. The molecule has 3 aromatic carbocycles. The number of amides is 2. The predicted molar refractivity (Wildman–Crippen MR) is 117 cm³/mol. The van der Waals surface area contributed by atoms with Crippen molar-refractivity contribution in [2.75, 3.05) is 6.54 Å². The van der Waals surface area contributed by atoms with Crippen LogP contribution in [-0.4, -0.2) is 29.3 Å². The van der Waals surface area contributed by atoms with E-state index in [9.17, 15) is 14.0 Å². The number of aryl methyl sites for hydroxylation is 1. The average Bonchev–Trinajstić information content (AvgIpc) is 2.76. The normalized spacial score (nSPS) is 11.8. The Morgan fingerprint density at radius 3 is 2.43 bits per heavy atom. The van der Waals surface area contributed by atoms with Crippen molar-refractivity contribution in [2.24, 2.45) is 0 Å². The van der Waals surface area contributed by atoms with Crippen LogP contribution in [0.25, 0.3) is 10.8 Å². The molecule has 1 atom stereocenters. The van der Waals surface area contributed by atoms with E-state index < -0.39 is 6.04 Å². The van der Waals surface area contributed by atoms with Gasteiger partial charge in [0.25, 0.3) is 0 Å². The van der Waals surface area contributed by atoms with Gasteiger partial charge in [-0.2, -0.15) is 0 Å². The van der Waals surface area contributed by atoms with Gasteiger partial charge in [0.05, 0.1) is 0 Å². The lowest BCUT2D eigenvalue weighted by atomic mass is 10.0. The molecule has 0 fully saturated rings. The summed E-state index contributed by atoms with van der Waals surface area (Å²) in [6.45, 7) is 4.33. The minimum atomic E-state index is -0.616. The van der Waals surface area contributed by atoms with E-state index in [2.05, 4.69) is 23.5 Å². The van der Waals surface area contributed by atoms with Crippen LogP contribution in [0.15, 0.2) is 66.7 Å². The summed E-state index contributed by atoms with van der Waals surface area (Å²) in [4.78, 5) is 27.1. The zero-order chi connectivity index (χ0) is 21.5. The lowest BCUT2D eigenvalue weighted by Crippen LogP contribution is -2.47. The Morgan fingerprint density at radius 2 is 1.70 bits per heavy atom. The van der Waals surface area contributed by atoms with E-state index in [1.807, 2.05) is 31.2 Å². The average molecular weight is 407 g/mol. The Hall–Kier alpha value is -3.21. The number of carbonyl (C=O) groups is 2. The molecule has 1 N–H and O–H groups in total. The van der Waals surface area contributed by atoms with Crippen LogP contribution >= 0.6 is 0 Å². The fourth-order valence-corrected chi connectivity index (χ4v) is 3.59. The number of likely N-dealkylation sites (N-methyl/N-ethyl adjacent to an activating group) is 1. The van der Waals surface area contributed by atoms with Crippen molar-refractivity contribution in [2.45, 2.75) is 39.3 Å². The molecule has 0 spiro atoms. The molecule has 2 amide bonds. The van der Waals surface area contributed by atoms with Gasteiger partial charge >= 0.3 is 0 Å². The van der Waals surface area contributed by atoms with E-state index in [0.717, 1.165) is 21.9 Å². The highest BCUT2D eigenvalue weighted by atomic mass is 19.1. The molecule has 0 bridgehead atoms. The van der Waals surface area contributed by atoms with Crippen LogP contribution in [0.4, 0.5) is 4.39 Å². The number of hydrogen-bond donors (Lipinski definition) is 1. The first kappa shape index (κ1) is 21.5. The van der Waals surface area contributed by atoms with Gasteiger partial charge in [0.1, 0.15) is 11.9 Å². The molecular weight excluding hydrogens is 379 g/mol. The van der Waals surface area contributed by atoms with Crippen LogP contribution in [0, 0.1) is 5.82 Å². The molecule has 0 aliphatic carbocycles. The van der Waals surface area contributed by atoms with Crippen molar-refractivity contribution < 1.29 is 14.0 Å². The summed E-state index contributed by atoms with van der Waals surface area (Å²) in [6, 6.07) is 19.6. The lowest BCUT2D eigenvalue weighted by Gasteiger charge is -2.29. The zero-order valence-electron chi connectivity index (χ0n) is 17.4. The molecular formula is C25H27FN2O2. The van der Waals surface area contributed by atoms with E-state index >= 15 is 0 Å². The monoisotopic (exact) mass is 406 g/mol. The van der Waals surface area contributed by atoms with Gasteiger partial charge in [-0.15, -0.1) is 0 Å². The fraction of sp³-hybridized carbons (Fsp3) is 0.280. The number of carbonyl (C=O) groups excluding carboxylic acids is 2. The molecule has 30 heavy (non-hydrogen) atoms. The van der Waals surface area contributed by atoms with Crippen molar-refractivity contribution in [1.29, 1.82) is 0 Å². The fourth-order valence-electron chi connectivity index (χ4n) is 3.59. The second kappa shape index (κ2) is 10.0. The number of rotatable bonds is 8. The highest BCUT2D eigenvalue weighted by molar-refractivity contribution is 5.88. The molecule has 0 aromatic heterocycles. The molecule has 3 rings (SSSR count). The first-order valence-corrected chi connectivity index (χ1v) is 10.3. The molecule has 0 saturated heterocycles. The van der Waals surface area contributed by atoms with Crippen LogP contribution < -0.4 is 5.32 Å². The smallest absolute Gasteiger partial charge is 0.242 e. The Kier molecular flexibility index (Phi) is 7.17. The molecule has 0 aliphatic heterocycles. The van der Waals surface area contributed by atoms with E-state index in [4.69, 9.17) is 0 Å². The van der Waals surface area contributed by atoms with E-state index in [0.29, 0.717) is 19.4 Å². The summed E-state index contributed by atoms with van der Waals surface area (Å²) < 4.78 is 13.3. The maximum Gasteiger partial charge on any atom is 0.242 e. The summed E-state index contributed by atoms with van der Waals surface area (Å²) in [7, 11) is 0. The molecule has 0 unspecified atom stereocenters. The number of nitrogens with zero attached hydrogens (tertiary/aromatic N) is 1. The summed E-state index contributed by atoms with van der Waals surface area (Å²) in [6.07, 6.45) is 0.876. The standard InChI is InChI=1S/C25H27FN2O2/c1-3-27-25(30)18(2)28(17-19-11-14-22(26)15-12-19)24(29)16-13-21-9-6-8-20-7-4-5-10-23(20)21/h4-12,14-15,18H,3,13,16-17H2,1-2H3,(H,27,30)/t18-/m1/s1. The lowest BCUT2D eigenvalue weighted by molar-refractivity contribution is -0.140. The molecule has 3 aromatic rings. The number of benzene rings is 3. The van der Waals surface area contributed by atoms with Gasteiger partial charge in [0.2, 0.25) is 11.8 Å². The molecule has 0 saturated carbocycles.